The van der Waals surface area contributed by atoms with Crippen LogP contribution in [-0.2, 0) is 14.0 Å². The topological polar surface area (TPSA) is 55.8 Å². The van der Waals surface area contributed by atoms with Crippen LogP contribution in [0.15, 0.2) is 11.3 Å². The number of carbonyl (C=O) groups excluding carboxylic acids is 1. The predicted molar refractivity (Wildman–Crippen MR) is 95.9 cm³/mol. The molecule has 4 nitrogen and oxygen atoms in total. The summed E-state index contributed by atoms with van der Waals surface area (Å²) in [5.74, 6) is -0.428. The van der Waals surface area contributed by atoms with E-state index in [0.29, 0.717) is 5.57 Å². The molecule has 0 aromatic heterocycles. The molecular formula is C18H34O4Si. The number of cyclic esters (lactones) is 1. The summed E-state index contributed by atoms with van der Waals surface area (Å²) in [4.78, 5) is 11.9. The number of aliphatic hydroxyl groups excluding tert-OH is 1. The van der Waals surface area contributed by atoms with E-state index in [-0.39, 0.29) is 34.8 Å². The largest absolute Gasteiger partial charge is 0.511 e. The summed E-state index contributed by atoms with van der Waals surface area (Å²) in [6.45, 7) is 18.8. The van der Waals surface area contributed by atoms with Crippen LogP contribution in [0.2, 0.25) is 18.1 Å². The molecular weight excluding hydrogens is 308 g/mol. The second kappa shape index (κ2) is 6.97. The number of rotatable bonds is 5. The van der Waals surface area contributed by atoms with Crippen LogP contribution < -0.4 is 0 Å². The van der Waals surface area contributed by atoms with Gasteiger partial charge in [0, 0.05) is 5.92 Å². The van der Waals surface area contributed by atoms with E-state index in [4.69, 9.17) is 9.16 Å². The zero-order chi connectivity index (χ0) is 18.2. The minimum absolute atomic E-state index is 0.0161. The predicted octanol–water partition coefficient (Wildman–Crippen LogP) is 4.82. The van der Waals surface area contributed by atoms with Gasteiger partial charge < -0.3 is 14.3 Å². The smallest absolute Gasteiger partial charge is 0.337 e. The van der Waals surface area contributed by atoms with Gasteiger partial charge in [0.25, 0.3) is 0 Å². The molecule has 5 heteroatoms. The summed E-state index contributed by atoms with van der Waals surface area (Å²) in [6, 6.07) is 0. The fraction of sp³-hybridized carbons (Fsp3) is 0.833. The first-order valence-electron chi connectivity index (χ1n) is 8.62. The highest BCUT2D eigenvalue weighted by Crippen LogP contribution is 2.40. The highest BCUT2D eigenvalue weighted by Gasteiger charge is 2.44. The van der Waals surface area contributed by atoms with E-state index in [0.717, 1.165) is 6.42 Å². The number of carbonyl (C=O) groups is 1. The maximum Gasteiger partial charge on any atom is 0.337 e. The molecule has 0 radical (unpaired) electrons. The van der Waals surface area contributed by atoms with Gasteiger partial charge in [0.05, 0.1) is 17.6 Å². The van der Waals surface area contributed by atoms with Gasteiger partial charge in [0.1, 0.15) is 11.9 Å². The van der Waals surface area contributed by atoms with Crippen LogP contribution in [0.5, 0.6) is 0 Å². The molecule has 0 unspecified atom stereocenters. The van der Waals surface area contributed by atoms with Crippen molar-refractivity contribution in [1.82, 2.24) is 0 Å². The van der Waals surface area contributed by atoms with Crippen LogP contribution >= 0.6 is 0 Å². The summed E-state index contributed by atoms with van der Waals surface area (Å²) >= 11 is 0. The van der Waals surface area contributed by atoms with Crippen LogP contribution in [0, 0.1) is 11.8 Å². The zero-order valence-corrected chi connectivity index (χ0v) is 17.2. The molecule has 4 atom stereocenters. The molecule has 23 heavy (non-hydrogen) atoms. The van der Waals surface area contributed by atoms with Crippen molar-refractivity contribution in [1.29, 1.82) is 0 Å². The summed E-state index contributed by atoms with van der Waals surface area (Å²) in [6.07, 6.45) is 0.529. The van der Waals surface area contributed by atoms with Crippen LogP contribution in [0.25, 0.3) is 0 Å². The SMILES string of the molecule is CC[C@@H](O[Si](C)(C)C(C)(C)C)[C@H](C)[C@@H]1OC(=O)C(C)=C(O)[C@@H]1C. The van der Waals surface area contributed by atoms with E-state index < -0.39 is 14.3 Å². The van der Waals surface area contributed by atoms with Gasteiger partial charge in [-0.25, -0.2) is 4.79 Å². The van der Waals surface area contributed by atoms with Crippen LogP contribution in [0.1, 0.15) is 54.9 Å². The summed E-state index contributed by atoms with van der Waals surface area (Å²) in [5.41, 5.74) is 0.319. The first-order valence-corrected chi connectivity index (χ1v) is 11.5. The molecule has 1 rings (SSSR count). The Morgan fingerprint density at radius 1 is 1.35 bits per heavy atom. The number of hydrogen-bond donors (Lipinski definition) is 1. The summed E-state index contributed by atoms with van der Waals surface area (Å²) < 4.78 is 12.2. The number of esters is 1. The van der Waals surface area contributed by atoms with E-state index >= 15 is 0 Å². The van der Waals surface area contributed by atoms with Gasteiger partial charge in [-0.05, 0) is 31.5 Å². The van der Waals surface area contributed by atoms with Crippen molar-refractivity contribution in [3.8, 4) is 0 Å². The van der Waals surface area contributed by atoms with Crippen LogP contribution in [-0.4, -0.2) is 31.6 Å². The Labute approximate surface area is 142 Å². The van der Waals surface area contributed by atoms with Crippen molar-refractivity contribution < 1.29 is 19.1 Å². The average Bonchev–Trinajstić information content (AvgIpc) is 2.44. The molecule has 1 aliphatic heterocycles. The van der Waals surface area contributed by atoms with E-state index in [2.05, 4.69) is 47.7 Å². The molecule has 134 valence electrons. The van der Waals surface area contributed by atoms with E-state index in [1.54, 1.807) is 6.92 Å². The molecule has 0 saturated carbocycles. The molecule has 0 bridgehead atoms. The Kier molecular flexibility index (Phi) is 6.13. The first kappa shape index (κ1) is 20.2. The number of aliphatic hydroxyl groups is 1. The fourth-order valence-electron chi connectivity index (χ4n) is 2.81. The van der Waals surface area contributed by atoms with Gasteiger partial charge in [-0.1, -0.05) is 41.5 Å². The first-order chi connectivity index (χ1) is 10.3. The second-order valence-electron chi connectivity index (χ2n) is 8.35. The van der Waals surface area contributed by atoms with Crippen molar-refractivity contribution in [2.45, 2.75) is 85.2 Å². The maximum absolute atomic E-state index is 11.9. The molecule has 0 aliphatic carbocycles. The lowest BCUT2D eigenvalue weighted by molar-refractivity contribution is -0.155. The number of ether oxygens (including phenoxy) is 1. The monoisotopic (exact) mass is 342 g/mol. The van der Waals surface area contributed by atoms with Gasteiger partial charge >= 0.3 is 5.97 Å². The molecule has 0 amide bonds. The number of hydrogen-bond acceptors (Lipinski definition) is 4. The standard InChI is InChI=1S/C18H34O4Si/c1-10-14(22-23(8,9)18(5,6)7)11(2)16-12(3)15(19)13(4)17(20)21-16/h11-12,14,16,19H,10H2,1-9H3/t11-,12-,14+,16-/m0/s1. The van der Waals surface area contributed by atoms with Gasteiger partial charge in [0.15, 0.2) is 8.32 Å². The van der Waals surface area contributed by atoms with Crippen molar-refractivity contribution in [2.24, 2.45) is 11.8 Å². The molecule has 0 saturated heterocycles. The van der Waals surface area contributed by atoms with Crippen molar-refractivity contribution in [3.63, 3.8) is 0 Å². The third-order valence-electron chi connectivity index (χ3n) is 5.62. The summed E-state index contributed by atoms with van der Waals surface area (Å²) in [7, 11) is -1.90. The van der Waals surface area contributed by atoms with Crippen LogP contribution in [0.4, 0.5) is 0 Å². The molecule has 0 fully saturated rings. The molecule has 0 spiro atoms. The Bertz CT molecular complexity index is 476. The quantitative estimate of drug-likeness (QED) is 0.575. The van der Waals surface area contributed by atoms with Crippen molar-refractivity contribution >= 4 is 14.3 Å². The van der Waals surface area contributed by atoms with Crippen LogP contribution in [0.3, 0.4) is 0 Å². The Morgan fingerprint density at radius 3 is 2.30 bits per heavy atom. The minimum Gasteiger partial charge on any atom is -0.511 e. The highest BCUT2D eigenvalue weighted by molar-refractivity contribution is 6.74. The maximum atomic E-state index is 11.9. The van der Waals surface area contributed by atoms with Gasteiger partial charge in [0.2, 0.25) is 0 Å². The molecule has 1 aliphatic rings. The summed E-state index contributed by atoms with van der Waals surface area (Å²) in [5, 5.41) is 10.3. The molecule has 1 N–H and O–H groups in total. The lowest BCUT2D eigenvalue weighted by Crippen LogP contribution is -2.49. The van der Waals surface area contributed by atoms with Gasteiger partial charge in [-0.3, -0.25) is 0 Å². The molecule has 0 aromatic carbocycles. The zero-order valence-electron chi connectivity index (χ0n) is 16.2. The normalized spacial score (nSPS) is 26.0. The lowest BCUT2D eigenvalue weighted by atomic mass is 9.84. The average molecular weight is 343 g/mol. The third-order valence-corrected chi connectivity index (χ3v) is 10.1. The highest BCUT2D eigenvalue weighted by atomic mass is 28.4. The van der Waals surface area contributed by atoms with Gasteiger partial charge in [-0.2, -0.15) is 0 Å². The van der Waals surface area contributed by atoms with Gasteiger partial charge in [-0.15, -0.1) is 0 Å². The molecule has 1 heterocycles. The fourth-order valence-corrected chi connectivity index (χ4v) is 4.30. The second-order valence-corrected chi connectivity index (χ2v) is 13.1. The lowest BCUT2D eigenvalue weighted by Gasteiger charge is -2.43. The van der Waals surface area contributed by atoms with E-state index in [9.17, 15) is 9.90 Å². The van der Waals surface area contributed by atoms with Crippen molar-refractivity contribution in [3.05, 3.63) is 11.3 Å². The molecule has 0 aromatic rings. The van der Waals surface area contributed by atoms with E-state index in [1.807, 2.05) is 6.92 Å². The Hall–Kier alpha value is -0.813. The van der Waals surface area contributed by atoms with E-state index in [1.165, 1.54) is 0 Å². The minimum atomic E-state index is -1.90. The Morgan fingerprint density at radius 2 is 1.87 bits per heavy atom. The Balaban J connectivity index is 2.98. The van der Waals surface area contributed by atoms with Crippen molar-refractivity contribution in [2.75, 3.05) is 0 Å². The third kappa shape index (κ3) is 4.18.